The molecule has 8 heteroatoms. The summed E-state index contributed by atoms with van der Waals surface area (Å²) >= 11 is 0. The number of carbonyl (C=O) groups is 1. The molecule has 1 saturated carbocycles. The number of likely N-dealkylation sites (tertiary alicyclic amines) is 1. The summed E-state index contributed by atoms with van der Waals surface area (Å²) in [7, 11) is 4.77. The van der Waals surface area contributed by atoms with Gasteiger partial charge < -0.3 is 29.1 Å². The average Bonchev–Trinajstić information content (AvgIpc) is 3.35. The molecule has 0 bridgehead atoms. The Labute approximate surface area is 194 Å². The first-order valence-electron chi connectivity index (χ1n) is 11.5. The highest BCUT2D eigenvalue weighted by molar-refractivity contribution is 5.78. The zero-order valence-corrected chi connectivity index (χ0v) is 19.6. The number of furan rings is 1. The van der Waals surface area contributed by atoms with Gasteiger partial charge in [0.15, 0.2) is 11.5 Å². The molecule has 1 aromatic heterocycles. The third-order valence-corrected chi connectivity index (χ3v) is 7.09. The Bertz CT molecular complexity index is 921. The van der Waals surface area contributed by atoms with Crippen molar-refractivity contribution in [1.82, 2.24) is 10.2 Å². The fraction of sp³-hybridized carbons (Fsp3) is 0.560. The number of fused-ring (bicyclic) bond motifs is 1. The number of methoxy groups -OCH3 is 3. The second-order valence-electron chi connectivity index (χ2n) is 8.94. The van der Waals surface area contributed by atoms with Gasteiger partial charge in [-0.1, -0.05) is 12.8 Å². The Morgan fingerprint density at radius 1 is 1.18 bits per heavy atom. The lowest BCUT2D eigenvalue weighted by molar-refractivity contribution is -0.138. The van der Waals surface area contributed by atoms with E-state index in [1.54, 1.807) is 33.7 Å². The number of hydrogen-bond donors (Lipinski definition) is 2. The number of carbonyl (C=O) groups excluding carboxylic acids is 1. The fourth-order valence-corrected chi connectivity index (χ4v) is 5.47. The maximum atomic E-state index is 12.8. The first kappa shape index (κ1) is 23.4. The molecule has 2 unspecified atom stereocenters. The average molecular weight is 459 g/mol. The summed E-state index contributed by atoms with van der Waals surface area (Å²) in [5.74, 6) is 2.31. The molecule has 2 heterocycles. The molecular weight excluding hydrogens is 424 g/mol. The number of nitrogens with zero attached hydrogens (tertiary/aromatic N) is 1. The van der Waals surface area contributed by atoms with Crippen LogP contribution in [0.1, 0.15) is 49.5 Å². The molecular formula is C25H34N2O6. The second kappa shape index (κ2) is 10.1. The van der Waals surface area contributed by atoms with E-state index in [1.807, 2.05) is 18.2 Å². The van der Waals surface area contributed by atoms with Crippen LogP contribution in [0.5, 0.6) is 17.2 Å². The van der Waals surface area contributed by atoms with Crippen LogP contribution in [0.4, 0.5) is 0 Å². The summed E-state index contributed by atoms with van der Waals surface area (Å²) in [6.07, 6.45) is 6.03. The highest BCUT2D eigenvalue weighted by atomic mass is 16.5. The summed E-state index contributed by atoms with van der Waals surface area (Å²) in [4.78, 5) is 15.0. The first-order valence-corrected chi connectivity index (χ1v) is 11.5. The molecule has 180 valence electrons. The minimum absolute atomic E-state index is 0.0145. The molecule has 8 nitrogen and oxygen atoms in total. The topological polar surface area (TPSA) is 93.4 Å². The molecule has 1 amide bonds. The van der Waals surface area contributed by atoms with Gasteiger partial charge in [-0.2, -0.15) is 0 Å². The van der Waals surface area contributed by atoms with Crippen LogP contribution in [0.3, 0.4) is 0 Å². The number of rotatable bonds is 8. The van der Waals surface area contributed by atoms with Crippen molar-refractivity contribution in [3.8, 4) is 17.2 Å². The van der Waals surface area contributed by atoms with E-state index in [2.05, 4.69) is 10.2 Å². The van der Waals surface area contributed by atoms with E-state index >= 15 is 0 Å². The minimum atomic E-state index is -0.732. The Kier molecular flexibility index (Phi) is 7.14. The molecule has 4 rings (SSSR count). The predicted octanol–water partition coefficient (Wildman–Crippen LogP) is 3.29. The number of benzene rings is 1. The van der Waals surface area contributed by atoms with E-state index in [0.29, 0.717) is 42.5 Å². The largest absolute Gasteiger partial charge is 0.493 e. The molecule has 0 spiro atoms. The highest BCUT2D eigenvalue weighted by Crippen LogP contribution is 2.51. The monoisotopic (exact) mass is 458 g/mol. The Morgan fingerprint density at radius 2 is 1.94 bits per heavy atom. The third-order valence-electron chi connectivity index (χ3n) is 7.09. The Morgan fingerprint density at radius 3 is 2.58 bits per heavy atom. The van der Waals surface area contributed by atoms with Gasteiger partial charge >= 0.3 is 0 Å². The molecule has 2 N–H and O–H groups in total. The lowest BCUT2D eigenvalue weighted by Gasteiger charge is -2.52. The highest BCUT2D eigenvalue weighted by Gasteiger charge is 2.49. The van der Waals surface area contributed by atoms with E-state index < -0.39 is 5.60 Å². The second-order valence-corrected chi connectivity index (χ2v) is 8.94. The Balaban J connectivity index is 1.64. The van der Waals surface area contributed by atoms with Crippen molar-refractivity contribution in [2.24, 2.45) is 5.92 Å². The van der Waals surface area contributed by atoms with Gasteiger partial charge in [0.2, 0.25) is 11.7 Å². The van der Waals surface area contributed by atoms with Crippen LogP contribution in [-0.4, -0.2) is 55.9 Å². The number of hydrogen-bond acceptors (Lipinski definition) is 7. The molecule has 2 fully saturated rings. The molecule has 1 saturated heterocycles. The lowest BCUT2D eigenvalue weighted by Crippen LogP contribution is -2.56. The fourth-order valence-electron chi connectivity index (χ4n) is 5.47. The maximum Gasteiger partial charge on any atom is 0.234 e. The first-order chi connectivity index (χ1) is 16.0. The van der Waals surface area contributed by atoms with Crippen molar-refractivity contribution in [1.29, 1.82) is 0 Å². The molecule has 1 aliphatic heterocycles. The van der Waals surface area contributed by atoms with Gasteiger partial charge in [-0.15, -0.1) is 0 Å². The molecule has 2 aliphatic rings. The quantitative estimate of drug-likeness (QED) is 0.627. The molecule has 2 aromatic rings. The van der Waals surface area contributed by atoms with Gasteiger partial charge in [0.1, 0.15) is 5.76 Å². The standard InChI is InChI=1S/C25H34N2O6/c1-30-20-13-17(14-21(31-2)24(20)32-3)23-19-8-4-5-9-25(19,29)10-11-27(23)16-22(28)26-15-18-7-6-12-33-18/h6-7,12-14,19,23,29H,4-5,8-11,15-16H2,1-3H3,(H,26,28)/t19?,23-,25?/m0/s1. The smallest absolute Gasteiger partial charge is 0.234 e. The van der Waals surface area contributed by atoms with E-state index in [9.17, 15) is 9.90 Å². The number of aliphatic hydroxyl groups is 1. The molecule has 1 aromatic carbocycles. The van der Waals surface area contributed by atoms with Crippen LogP contribution in [0.25, 0.3) is 0 Å². The van der Waals surface area contributed by atoms with Crippen LogP contribution in [0, 0.1) is 5.92 Å². The number of ether oxygens (including phenoxy) is 3. The Hall–Kier alpha value is -2.71. The van der Waals surface area contributed by atoms with Crippen molar-refractivity contribution in [3.05, 3.63) is 41.9 Å². The van der Waals surface area contributed by atoms with Crippen LogP contribution < -0.4 is 19.5 Å². The van der Waals surface area contributed by atoms with Gasteiger partial charge in [-0.25, -0.2) is 0 Å². The number of piperidine rings is 1. The third kappa shape index (κ3) is 4.82. The molecule has 33 heavy (non-hydrogen) atoms. The van der Waals surface area contributed by atoms with Crippen LogP contribution in [-0.2, 0) is 11.3 Å². The molecule has 1 aliphatic carbocycles. The van der Waals surface area contributed by atoms with Crippen molar-refractivity contribution in [2.45, 2.75) is 50.3 Å². The van der Waals surface area contributed by atoms with Gasteiger partial charge in [0.25, 0.3) is 0 Å². The van der Waals surface area contributed by atoms with Gasteiger partial charge in [0.05, 0.1) is 46.3 Å². The van der Waals surface area contributed by atoms with Gasteiger partial charge in [-0.3, -0.25) is 9.69 Å². The normalized spacial score (nSPS) is 25.2. The van der Waals surface area contributed by atoms with Crippen molar-refractivity contribution >= 4 is 5.91 Å². The lowest BCUT2D eigenvalue weighted by atomic mass is 9.66. The number of amides is 1. The van der Waals surface area contributed by atoms with Gasteiger partial charge in [0, 0.05) is 18.5 Å². The zero-order chi connectivity index (χ0) is 23.4. The summed E-state index contributed by atoms with van der Waals surface area (Å²) in [6, 6.07) is 7.38. The summed E-state index contributed by atoms with van der Waals surface area (Å²) < 4.78 is 22.0. The van der Waals surface area contributed by atoms with Crippen LogP contribution in [0.15, 0.2) is 34.9 Å². The SMILES string of the molecule is COc1cc([C@H]2C3CCCCC3(O)CCN2CC(=O)NCc2ccco2)cc(OC)c1OC. The van der Waals surface area contributed by atoms with E-state index in [-0.39, 0.29) is 24.4 Å². The molecule has 0 radical (unpaired) electrons. The van der Waals surface area contributed by atoms with E-state index in [4.69, 9.17) is 18.6 Å². The number of nitrogens with one attached hydrogen (secondary N) is 1. The summed E-state index contributed by atoms with van der Waals surface area (Å²) in [5, 5.41) is 14.5. The predicted molar refractivity (Wildman–Crippen MR) is 122 cm³/mol. The van der Waals surface area contributed by atoms with E-state index in [1.165, 1.54) is 0 Å². The van der Waals surface area contributed by atoms with Crippen molar-refractivity contribution < 1.29 is 28.5 Å². The maximum absolute atomic E-state index is 12.8. The van der Waals surface area contributed by atoms with Crippen molar-refractivity contribution in [2.75, 3.05) is 34.4 Å². The summed E-state index contributed by atoms with van der Waals surface area (Å²) in [5.41, 5.74) is 0.220. The van der Waals surface area contributed by atoms with E-state index in [0.717, 1.165) is 31.2 Å². The van der Waals surface area contributed by atoms with Crippen LogP contribution in [0.2, 0.25) is 0 Å². The zero-order valence-electron chi connectivity index (χ0n) is 19.6. The van der Waals surface area contributed by atoms with Gasteiger partial charge in [-0.05, 0) is 49.1 Å². The summed E-state index contributed by atoms with van der Waals surface area (Å²) in [6.45, 7) is 1.21. The molecule has 3 atom stereocenters. The van der Waals surface area contributed by atoms with Crippen molar-refractivity contribution in [3.63, 3.8) is 0 Å². The minimum Gasteiger partial charge on any atom is -0.493 e. The van der Waals surface area contributed by atoms with Crippen LogP contribution >= 0.6 is 0 Å².